The van der Waals surface area contributed by atoms with Crippen LogP contribution >= 0.6 is 11.8 Å². The van der Waals surface area contributed by atoms with Crippen molar-refractivity contribution < 1.29 is 5.11 Å². The molecule has 0 atom stereocenters. The summed E-state index contributed by atoms with van der Waals surface area (Å²) in [7, 11) is 0. The van der Waals surface area contributed by atoms with E-state index in [0.29, 0.717) is 0 Å². The molecule has 0 aliphatic rings. The zero-order valence-electron chi connectivity index (χ0n) is 7.73. The van der Waals surface area contributed by atoms with Crippen molar-refractivity contribution in [2.45, 2.75) is 24.9 Å². The van der Waals surface area contributed by atoms with Crippen molar-refractivity contribution in [3.63, 3.8) is 0 Å². The Morgan fingerprint density at radius 1 is 1.31 bits per heavy atom. The van der Waals surface area contributed by atoms with Crippen LogP contribution in [0.5, 0.6) is 0 Å². The van der Waals surface area contributed by atoms with Crippen LogP contribution in [0.1, 0.15) is 18.4 Å². The molecule has 0 saturated carbocycles. The maximum absolute atomic E-state index is 8.56. The summed E-state index contributed by atoms with van der Waals surface area (Å²) in [6.07, 6.45) is 5.51. The molecule has 0 aliphatic heterocycles. The number of aromatic nitrogens is 2. The van der Waals surface area contributed by atoms with Gasteiger partial charge in [-0.15, -0.1) is 0 Å². The minimum absolute atomic E-state index is 0.273. The van der Waals surface area contributed by atoms with Gasteiger partial charge in [0, 0.05) is 24.8 Å². The van der Waals surface area contributed by atoms with Gasteiger partial charge in [-0.3, -0.25) is 0 Å². The number of aliphatic hydroxyl groups is 1. The summed E-state index contributed by atoms with van der Waals surface area (Å²) in [4.78, 5) is 8.33. The van der Waals surface area contributed by atoms with Crippen molar-refractivity contribution in [1.29, 1.82) is 0 Å². The lowest BCUT2D eigenvalue weighted by atomic mass is 10.4. The van der Waals surface area contributed by atoms with Gasteiger partial charge in [0.05, 0.1) is 0 Å². The molecular formula is C9H14N2OS. The largest absolute Gasteiger partial charge is 0.396 e. The van der Waals surface area contributed by atoms with E-state index in [1.807, 2.05) is 19.3 Å². The molecule has 3 nitrogen and oxygen atoms in total. The van der Waals surface area contributed by atoms with Crippen molar-refractivity contribution in [3.8, 4) is 0 Å². The predicted molar refractivity (Wildman–Crippen MR) is 53.8 cm³/mol. The first-order valence-electron chi connectivity index (χ1n) is 4.35. The molecule has 72 valence electrons. The minimum atomic E-state index is 0.273. The van der Waals surface area contributed by atoms with Crippen molar-refractivity contribution in [2.24, 2.45) is 0 Å². The molecule has 0 aliphatic carbocycles. The number of rotatable bonds is 5. The third-order valence-electron chi connectivity index (χ3n) is 1.54. The minimum Gasteiger partial charge on any atom is -0.396 e. The van der Waals surface area contributed by atoms with Crippen LogP contribution in [0.4, 0.5) is 0 Å². The van der Waals surface area contributed by atoms with E-state index in [1.54, 1.807) is 11.8 Å². The zero-order valence-corrected chi connectivity index (χ0v) is 8.55. The Hall–Kier alpha value is -0.610. The molecule has 13 heavy (non-hydrogen) atoms. The number of thioether (sulfide) groups is 1. The van der Waals surface area contributed by atoms with Crippen LogP contribution in [0.3, 0.4) is 0 Å². The molecule has 1 heterocycles. The predicted octanol–water partition coefficient (Wildman–Crippen LogP) is 1.65. The average molecular weight is 198 g/mol. The van der Waals surface area contributed by atoms with Gasteiger partial charge >= 0.3 is 0 Å². The van der Waals surface area contributed by atoms with Crippen LogP contribution in [0.15, 0.2) is 17.6 Å². The number of aliphatic hydroxyl groups excluding tert-OH is 1. The highest BCUT2D eigenvalue weighted by Crippen LogP contribution is 2.13. The summed E-state index contributed by atoms with van der Waals surface area (Å²) in [6, 6.07) is 0. The molecule has 0 radical (unpaired) electrons. The summed E-state index contributed by atoms with van der Waals surface area (Å²) in [5.74, 6) is 0.976. The van der Waals surface area contributed by atoms with Crippen LogP contribution < -0.4 is 0 Å². The first kappa shape index (κ1) is 10.5. The second-order valence-corrected chi connectivity index (χ2v) is 3.88. The maximum atomic E-state index is 8.56. The Bertz CT molecular complexity index is 238. The Balaban J connectivity index is 2.25. The van der Waals surface area contributed by atoms with Gasteiger partial charge < -0.3 is 5.11 Å². The molecule has 0 fully saturated rings. The smallest absolute Gasteiger partial charge is 0.187 e. The molecule has 1 rings (SSSR count). The number of aryl methyl sites for hydroxylation is 1. The quantitative estimate of drug-likeness (QED) is 0.444. The number of unbranched alkanes of at least 4 members (excludes halogenated alkanes) is 1. The van der Waals surface area contributed by atoms with Gasteiger partial charge in [0.1, 0.15) is 0 Å². The molecule has 0 amide bonds. The van der Waals surface area contributed by atoms with Crippen molar-refractivity contribution in [2.75, 3.05) is 12.4 Å². The first-order chi connectivity index (χ1) is 6.33. The standard InChI is InChI=1S/C9H14N2OS/c1-8-6-10-9(11-7-8)13-5-3-2-4-12/h6-7,12H,2-5H2,1H3. The molecule has 0 unspecified atom stereocenters. The molecule has 0 bridgehead atoms. The zero-order chi connectivity index (χ0) is 9.52. The molecule has 1 N–H and O–H groups in total. The van der Waals surface area contributed by atoms with Gasteiger partial charge in [-0.1, -0.05) is 11.8 Å². The van der Waals surface area contributed by atoms with Crippen molar-refractivity contribution >= 4 is 11.8 Å². The van der Waals surface area contributed by atoms with Gasteiger partial charge in [-0.2, -0.15) is 0 Å². The monoisotopic (exact) mass is 198 g/mol. The number of hydrogen-bond acceptors (Lipinski definition) is 4. The summed E-state index contributed by atoms with van der Waals surface area (Å²) < 4.78 is 0. The fraction of sp³-hybridized carbons (Fsp3) is 0.556. The number of nitrogens with zero attached hydrogens (tertiary/aromatic N) is 2. The lowest BCUT2D eigenvalue weighted by Gasteiger charge is -1.98. The highest BCUT2D eigenvalue weighted by molar-refractivity contribution is 7.99. The molecule has 1 aromatic heterocycles. The van der Waals surface area contributed by atoms with E-state index in [0.717, 1.165) is 29.3 Å². The van der Waals surface area contributed by atoms with Gasteiger partial charge in [-0.05, 0) is 25.3 Å². The van der Waals surface area contributed by atoms with Gasteiger partial charge in [-0.25, -0.2) is 9.97 Å². The van der Waals surface area contributed by atoms with Crippen molar-refractivity contribution in [3.05, 3.63) is 18.0 Å². The summed E-state index contributed by atoms with van der Waals surface area (Å²) in [5.41, 5.74) is 1.08. The normalized spacial score (nSPS) is 10.3. The molecule has 4 heteroatoms. The summed E-state index contributed by atoms with van der Waals surface area (Å²) in [5, 5.41) is 9.38. The van der Waals surface area contributed by atoms with Crippen molar-refractivity contribution in [1.82, 2.24) is 9.97 Å². The highest BCUT2D eigenvalue weighted by atomic mass is 32.2. The van der Waals surface area contributed by atoms with E-state index in [4.69, 9.17) is 5.11 Å². The molecular weight excluding hydrogens is 184 g/mol. The Kier molecular flexibility index (Phi) is 4.78. The summed E-state index contributed by atoms with van der Waals surface area (Å²) >= 11 is 1.64. The van der Waals surface area contributed by atoms with E-state index in [2.05, 4.69) is 9.97 Å². The Labute approximate surface area is 82.6 Å². The van der Waals surface area contributed by atoms with E-state index >= 15 is 0 Å². The average Bonchev–Trinajstić information content (AvgIpc) is 2.15. The SMILES string of the molecule is Cc1cnc(SCCCCO)nc1. The van der Waals surface area contributed by atoms with Gasteiger partial charge in [0.2, 0.25) is 0 Å². The fourth-order valence-corrected chi connectivity index (χ4v) is 1.62. The van der Waals surface area contributed by atoms with E-state index < -0.39 is 0 Å². The maximum Gasteiger partial charge on any atom is 0.187 e. The van der Waals surface area contributed by atoms with Gasteiger partial charge in [0.25, 0.3) is 0 Å². The van der Waals surface area contributed by atoms with Crippen LogP contribution in [0.25, 0.3) is 0 Å². The third kappa shape index (κ3) is 4.24. The molecule has 0 aromatic carbocycles. The van der Waals surface area contributed by atoms with E-state index in [-0.39, 0.29) is 6.61 Å². The fourth-order valence-electron chi connectivity index (χ4n) is 0.833. The first-order valence-corrected chi connectivity index (χ1v) is 5.34. The summed E-state index contributed by atoms with van der Waals surface area (Å²) in [6.45, 7) is 2.25. The second kappa shape index (κ2) is 5.94. The van der Waals surface area contributed by atoms with E-state index in [1.165, 1.54) is 0 Å². The van der Waals surface area contributed by atoms with Crippen LogP contribution in [-0.2, 0) is 0 Å². The van der Waals surface area contributed by atoms with E-state index in [9.17, 15) is 0 Å². The number of hydrogen-bond donors (Lipinski definition) is 1. The third-order valence-corrected chi connectivity index (χ3v) is 2.50. The Morgan fingerprint density at radius 3 is 2.62 bits per heavy atom. The van der Waals surface area contributed by atoms with Crippen LogP contribution in [-0.4, -0.2) is 27.4 Å². The van der Waals surface area contributed by atoms with Crippen LogP contribution in [0, 0.1) is 6.92 Å². The topological polar surface area (TPSA) is 46.0 Å². The molecule has 0 saturated heterocycles. The second-order valence-electron chi connectivity index (χ2n) is 2.82. The van der Waals surface area contributed by atoms with Crippen LogP contribution in [0.2, 0.25) is 0 Å². The molecule has 1 aromatic rings. The highest BCUT2D eigenvalue weighted by Gasteiger charge is 1.95. The van der Waals surface area contributed by atoms with Gasteiger partial charge in [0.15, 0.2) is 5.16 Å². The molecule has 0 spiro atoms. The lowest BCUT2D eigenvalue weighted by Crippen LogP contribution is -1.89. The lowest BCUT2D eigenvalue weighted by molar-refractivity contribution is 0.287. The Morgan fingerprint density at radius 2 is 2.00 bits per heavy atom.